The third kappa shape index (κ3) is 5.02. The van der Waals surface area contributed by atoms with E-state index in [0.717, 1.165) is 21.8 Å². The van der Waals surface area contributed by atoms with E-state index in [1.807, 2.05) is 30.9 Å². The number of nitrogens with zero attached hydrogens (tertiary/aromatic N) is 2. The third-order valence-corrected chi connectivity index (χ3v) is 6.30. The molecule has 1 saturated heterocycles. The van der Waals surface area contributed by atoms with Gasteiger partial charge in [0.25, 0.3) is 0 Å². The molecule has 4 aromatic rings. The van der Waals surface area contributed by atoms with E-state index in [2.05, 4.69) is 20.6 Å². The smallest absolute Gasteiger partial charge is 0.244 e. The number of hydrogen-bond donors (Lipinski definition) is 3. The molecule has 3 N–H and O–H groups in total. The Labute approximate surface area is 206 Å². The van der Waals surface area contributed by atoms with Gasteiger partial charge in [-0.2, -0.15) is 0 Å². The summed E-state index contributed by atoms with van der Waals surface area (Å²) in [4.78, 5) is 35.4. The van der Waals surface area contributed by atoms with Gasteiger partial charge in [-0.1, -0.05) is 11.6 Å². The zero-order chi connectivity index (χ0) is 24.6. The quantitative estimate of drug-likeness (QED) is 0.376. The van der Waals surface area contributed by atoms with Crippen LogP contribution in [0.3, 0.4) is 0 Å². The Bertz CT molecular complexity index is 1380. The molecule has 2 amide bonds. The number of ether oxygens (including phenoxy) is 1. The highest BCUT2D eigenvalue weighted by atomic mass is 35.5. The number of aromatic amines is 1. The lowest BCUT2D eigenvalue weighted by molar-refractivity contribution is -0.146. The molecule has 1 fully saturated rings. The number of amides is 2. The third-order valence-electron chi connectivity index (χ3n) is 6.08. The molecule has 35 heavy (non-hydrogen) atoms. The minimum Gasteiger partial charge on any atom is -0.467 e. The largest absolute Gasteiger partial charge is 0.467 e. The van der Waals surface area contributed by atoms with Gasteiger partial charge in [0.2, 0.25) is 11.8 Å². The Balaban J connectivity index is 1.36. The van der Waals surface area contributed by atoms with Crippen LogP contribution in [-0.4, -0.2) is 58.0 Å². The molecule has 9 nitrogen and oxygen atoms in total. The summed E-state index contributed by atoms with van der Waals surface area (Å²) in [6.45, 7) is 4.79. The summed E-state index contributed by atoms with van der Waals surface area (Å²) in [6.07, 6.45) is 5.00. The monoisotopic (exact) mass is 495 g/mol. The Hall–Kier alpha value is -3.40. The van der Waals surface area contributed by atoms with Gasteiger partial charge in [-0.05, 0) is 44.2 Å². The van der Waals surface area contributed by atoms with Gasteiger partial charge in [-0.15, -0.1) is 0 Å². The van der Waals surface area contributed by atoms with Crippen LogP contribution in [0.25, 0.3) is 21.8 Å². The molecule has 0 bridgehead atoms. The highest BCUT2D eigenvalue weighted by Crippen LogP contribution is 2.33. The van der Waals surface area contributed by atoms with Crippen molar-refractivity contribution in [3.05, 3.63) is 59.8 Å². The van der Waals surface area contributed by atoms with Crippen molar-refractivity contribution in [2.75, 3.05) is 25.0 Å². The minimum atomic E-state index is -0.655. The lowest BCUT2D eigenvalue weighted by atomic mass is 10.0. The predicted octanol–water partition coefficient (Wildman–Crippen LogP) is 3.70. The van der Waals surface area contributed by atoms with E-state index in [0.29, 0.717) is 23.0 Å². The summed E-state index contributed by atoms with van der Waals surface area (Å²) in [7, 11) is 0. The van der Waals surface area contributed by atoms with Gasteiger partial charge in [0.1, 0.15) is 11.8 Å². The standard InChI is InChI=1S/C25H26ClN5O4/c1-25(2)14-31(12-22(32)28-10-16-4-3-7-34-16)21(13-35-25)24(33)30-19-9-15(26)8-18-17-5-6-27-11-20(17)29-23(18)19/h3-9,11,21,29H,10,12-14H2,1-2H3,(H,28,32)(H,30,33)/t21-/m0/s1. The molecule has 1 aromatic carbocycles. The number of anilines is 1. The van der Waals surface area contributed by atoms with Crippen LogP contribution in [0.2, 0.25) is 5.02 Å². The number of aromatic nitrogens is 2. The summed E-state index contributed by atoms with van der Waals surface area (Å²) in [5.74, 6) is 0.179. The van der Waals surface area contributed by atoms with Crippen molar-refractivity contribution in [3.8, 4) is 0 Å². The highest BCUT2D eigenvalue weighted by Gasteiger charge is 2.38. The zero-order valence-corrected chi connectivity index (χ0v) is 20.2. The molecule has 0 spiro atoms. The first-order valence-corrected chi connectivity index (χ1v) is 11.7. The Kier molecular flexibility index (Phi) is 6.22. The van der Waals surface area contributed by atoms with Gasteiger partial charge in [0, 0.05) is 28.5 Å². The summed E-state index contributed by atoms with van der Waals surface area (Å²) in [5, 5.41) is 8.19. The SMILES string of the molecule is CC1(C)CN(CC(=O)NCc2ccco2)[C@H](C(=O)Nc2cc(Cl)cc3c2[nH]c2cnccc23)CO1. The number of carbonyl (C=O) groups excluding carboxylic acids is 2. The molecule has 0 saturated carbocycles. The first-order valence-electron chi connectivity index (χ1n) is 11.3. The maximum atomic E-state index is 13.4. The van der Waals surface area contributed by atoms with Gasteiger partial charge >= 0.3 is 0 Å². The number of nitrogens with one attached hydrogen (secondary N) is 3. The molecule has 0 aliphatic carbocycles. The molecule has 3 aromatic heterocycles. The van der Waals surface area contributed by atoms with Gasteiger partial charge in [-0.3, -0.25) is 19.5 Å². The van der Waals surface area contributed by atoms with E-state index >= 15 is 0 Å². The number of furan rings is 1. The van der Waals surface area contributed by atoms with Crippen LogP contribution in [0, 0.1) is 0 Å². The second-order valence-corrected chi connectivity index (χ2v) is 9.70. The molecule has 1 atom stereocenters. The second-order valence-electron chi connectivity index (χ2n) is 9.26. The Morgan fingerprint density at radius 3 is 2.94 bits per heavy atom. The maximum Gasteiger partial charge on any atom is 0.244 e. The summed E-state index contributed by atoms with van der Waals surface area (Å²) in [5.41, 5.74) is 1.66. The van der Waals surface area contributed by atoms with Crippen LogP contribution in [0.5, 0.6) is 0 Å². The van der Waals surface area contributed by atoms with Crippen molar-refractivity contribution in [2.45, 2.75) is 32.0 Å². The van der Waals surface area contributed by atoms with E-state index in [-0.39, 0.29) is 31.5 Å². The van der Waals surface area contributed by atoms with Crippen molar-refractivity contribution in [1.29, 1.82) is 0 Å². The lowest BCUT2D eigenvalue weighted by Crippen LogP contribution is -2.60. The fourth-order valence-corrected chi connectivity index (χ4v) is 4.65. The number of morpholine rings is 1. The molecule has 0 radical (unpaired) electrons. The van der Waals surface area contributed by atoms with Crippen molar-refractivity contribution in [3.63, 3.8) is 0 Å². The minimum absolute atomic E-state index is 0.0502. The van der Waals surface area contributed by atoms with Crippen LogP contribution in [0.1, 0.15) is 19.6 Å². The van der Waals surface area contributed by atoms with Crippen LogP contribution < -0.4 is 10.6 Å². The summed E-state index contributed by atoms with van der Waals surface area (Å²) < 4.78 is 11.2. The van der Waals surface area contributed by atoms with Crippen molar-refractivity contribution in [1.82, 2.24) is 20.2 Å². The van der Waals surface area contributed by atoms with E-state index in [9.17, 15) is 9.59 Å². The fraction of sp³-hybridized carbons (Fsp3) is 0.320. The summed E-state index contributed by atoms with van der Waals surface area (Å²) >= 11 is 6.39. The second kappa shape index (κ2) is 9.33. The Morgan fingerprint density at radius 1 is 1.29 bits per heavy atom. The predicted molar refractivity (Wildman–Crippen MR) is 133 cm³/mol. The number of rotatable bonds is 6. The van der Waals surface area contributed by atoms with E-state index in [4.69, 9.17) is 20.8 Å². The average molecular weight is 496 g/mol. The van der Waals surface area contributed by atoms with Gasteiger partial charge in [0.15, 0.2) is 0 Å². The number of pyridine rings is 1. The molecule has 0 unspecified atom stereocenters. The first kappa shape index (κ1) is 23.3. The lowest BCUT2D eigenvalue weighted by Gasteiger charge is -2.42. The molecule has 5 rings (SSSR count). The van der Waals surface area contributed by atoms with Crippen LogP contribution in [0.4, 0.5) is 5.69 Å². The van der Waals surface area contributed by atoms with E-state index in [1.165, 1.54) is 0 Å². The van der Waals surface area contributed by atoms with E-state index < -0.39 is 11.6 Å². The molecule has 4 heterocycles. The molecule has 10 heteroatoms. The number of benzene rings is 1. The van der Waals surface area contributed by atoms with Crippen LogP contribution in [-0.2, 0) is 20.9 Å². The average Bonchev–Trinajstić information content (AvgIpc) is 3.45. The van der Waals surface area contributed by atoms with Crippen molar-refractivity contribution >= 4 is 50.9 Å². The van der Waals surface area contributed by atoms with Gasteiger partial charge in [0.05, 0.1) is 54.5 Å². The number of carbonyl (C=O) groups is 2. The number of halogens is 1. The van der Waals surface area contributed by atoms with Crippen LogP contribution in [0.15, 0.2) is 53.4 Å². The first-order chi connectivity index (χ1) is 16.8. The highest BCUT2D eigenvalue weighted by molar-refractivity contribution is 6.33. The Morgan fingerprint density at radius 2 is 2.14 bits per heavy atom. The topological polar surface area (TPSA) is 112 Å². The number of fused-ring (bicyclic) bond motifs is 3. The van der Waals surface area contributed by atoms with Gasteiger partial charge < -0.3 is 24.8 Å². The maximum absolute atomic E-state index is 13.4. The fourth-order valence-electron chi connectivity index (χ4n) is 4.43. The van der Waals surface area contributed by atoms with Gasteiger partial charge in [-0.25, -0.2) is 0 Å². The summed E-state index contributed by atoms with van der Waals surface area (Å²) in [6, 6.07) is 8.36. The molecule has 1 aliphatic rings. The number of H-pyrrole nitrogens is 1. The van der Waals surface area contributed by atoms with Crippen molar-refractivity contribution in [2.24, 2.45) is 0 Å². The molecule has 182 valence electrons. The normalized spacial score (nSPS) is 18.1. The molecular formula is C25H26ClN5O4. The van der Waals surface area contributed by atoms with Crippen LogP contribution >= 0.6 is 11.6 Å². The molecule has 1 aliphatic heterocycles. The van der Waals surface area contributed by atoms with E-state index in [1.54, 1.807) is 36.9 Å². The zero-order valence-electron chi connectivity index (χ0n) is 19.4. The van der Waals surface area contributed by atoms with Crippen molar-refractivity contribution < 1.29 is 18.7 Å². The molecular weight excluding hydrogens is 470 g/mol. The number of hydrogen-bond acceptors (Lipinski definition) is 6.